The van der Waals surface area contributed by atoms with Crippen LogP contribution in [0.4, 0.5) is 11.4 Å². The number of nitrogens with zero attached hydrogens (tertiary/aromatic N) is 2. The van der Waals surface area contributed by atoms with Crippen LogP contribution in [0.2, 0.25) is 10.0 Å². The number of hydrazone groups is 1. The monoisotopic (exact) mass is 548 g/mol. The zero-order chi connectivity index (χ0) is 26.3. The molecule has 3 rings (SSSR count). The van der Waals surface area contributed by atoms with Gasteiger partial charge in [-0.2, -0.15) is 5.10 Å². The van der Waals surface area contributed by atoms with Crippen LogP contribution in [0, 0.1) is 0 Å². The Morgan fingerprint density at radius 3 is 2.28 bits per heavy atom. The third-order valence-electron chi connectivity index (χ3n) is 4.77. The number of ether oxygens (including phenoxy) is 1. The fourth-order valence-electron chi connectivity index (χ4n) is 3.05. The first-order valence-electron chi connectivity index (χ1n) is 10.4. The Morgan fingerprint density at radius 2 is 1.69 bits per heavy atom. The summed E-state index contributed by atoms with van der Waals surface area (Å²) >= 11 is 12.0. The minimum absolute atomic E-state index is 0.0725. The Balaban J connectivity index is 1.85. The predicted molar refractivity (Wildman–Crippen MR) is 140 cm³/mol. The Bertz CT molecular complexity index is 1380. The van der Waals surface area contributed by atoms with Gasteiger partial charge in [0.15, 0.2) is 0 Å². The lowest BCUT2D eigenvalue weighted by molar-refractivity contribution is -0.119. The van der Waals surface area contributed by atoms with Crippen LogP contribution in [0.5, 0.6) is 5.75 Å². The average molecular weight is 549 g/mol. The van der Waals surface area contributed by atoms with E-state index in [1.807, 2.05) is 0 Å². The molecule has 0 aromatic heterocycles. The van der Waals surface area contributed by atoms with E-state index in [1.165, 1.54) is 62.7 Å². The fraction of sp³-hybridized carbons (Fsp3) is 0.125. The molecule has 0 fully saturated rings. The molecule has 2 amide bonds. The van der Waals surface area contributed by atoms with Gasteiger partial charge in [-0.15, -0.1) is 0 Å². The van der Waals surface area contributed by atoms with Crippen LogP contribution in [0.3, 0.4) is 0 Å². The second kappa shape index (κ2) is 11.9. The van der Waals surface area contributed by atoms with E-state index in [9.17, 15) is 18.0 Å². The van der Waals surface area contributed by atoms with Gasteiger partial charge in [0, 0.05) is 23.2 Å². The maximum Gasteiger partial charge on any atom is 0.264 e. The van der Waals surface area contributed by atoms with E-state index in [2.05, 4.69) is 15.8 Å². The summed E-state index contributed by atoms with van der Waals surface area (Å²) < 4.78 is 33.1. The van der Waals surface area contributed by atoms with Gasteiger partial charge in [-0.05, 0) is 60.7 Å². The molecule has 0 heterocycles. The topological polar surface area (TPSA) is 117 Å². The van der Waals surface area contributed by atoms with Crippen LogP contribution in [-0.4, -0.2) is 40.1 Å². The van der Waals surface area contributed by atoms with Gasteiger partial charge in [0.2, 0.25) is 5.91 Å². The van der Waals surface area contributed by atoms with Crippen molar-refractivity contribution in [1.29, 1.82) is 0 Å². The van der Waals surface area contributed by atoms with Crippen LogP contribution >= 0.6 is 23.2 Å². The number of hydrogen-bond acceptors (Lipinski definition) is 6. The highest BCUT2D eigenvalue weighted by Gasteiger charge is 2.27. The molecule has 0 bridgehead atoms. The number of rotatable bonds is 9. The van der Waals surface area contributed by atoms with Crippen LogP contribution in [-0.2, 0) is 19.6 Å². The SMILES string of the molecule is COc1ccc(N(CC(=O)N/N=C\c2ccc(Cl)cc2Cl)S(=O)(=O)c2ccc(NC(C)=O)cc2)cc1. The lowest BCUT2D eigenvalue weighted by Gasteiger charge is -2.24. The number of halogens is 2. The summed E-state index contributed by atoms with van der Waals surface area (Å²) in [7, 11) is -2.69. The van der Waals surface area contributed by atoms with Crippen LogP contribution < -0.4 is 19.8 Å². The average Bonchev–Trinajstić information content (AvgIpc) is 2.84. The van der Waals surface area contributed by atoms with Crippen LogP contribution in [0.25, 0.3) is 0 Å². The molecule has 0 radical (unpaired) electrons. The molecule has 0 saturated carbocycles. The van der Waals surface area contributed by atoms with E-state index in [-0.39, 0.29) is 16.5 Å². The van der Waals surface area contributed by atoms with Crippen molar-refractivity contribution < 1.29 is 22.7 Å². The minimum Gasteiger partial charge on any atom is -0.497 e. The number of methoxy groups -OCH3 is 1. The van der Waals surface area contributed by atoms with E-state index in [0.29, 0.717) is 27.0 Å². The highest BCUT2D eigenvalue weighted by atomic mass is 35.5. The molecule has 0 aliphatic rings. The summed E-state index contributed by atoms with van der Waals surface area (Å²) in [5, 5.41) is 7.23. The lowest BCUT2D eigenvalue weighted by Crippen LogP contribution is -2.39. The molecule has 36 heavy (non-hydrogen) atoms. The number of hydrogen-bond donors (Lipinski definition) is 2. The predicted octanol–water partition coefficient (Wildman–Crippen LogP) is 4.31. The maximum atomic E-state index is 13.5. The maximum absolute atomic E-state index is 13.5. The van der Waals surface area contributed by atoms with Gasteiger partial charge in [-0.3, -0.25) is 13.9 Å². The van der Waals surface area contributed by atoms with Crippen molar-refractivity contribution in [1.82, 2.24) is 5.43 Å². The summed E-state index contributed by atoms with van der Waals surface area (Å²) in [6.07, 6.45) is 1.32. The summed E-state index contributed by atoms with van der Waals surface area (Å²) in [5.74, 6) is -0.460. The van der Waals surface area contributed by atoms with Gasteiger partial charge in [0.05, 0.1) is 28.9 Å². The second-order valence-corrected chi connectivity index (χ2v) is 10.1. The third-order valence-corrected chi connectivity index (χ3v) is 7.12. The van der Waals surface area contributed by atoms with Crippen LogP contribution in [0.1, 0.15) is 12.5 Å². The molecule has 2 N–H and O–H groups in total. The molecule has 0 spiro atoms. The number of nitrogens with one attached hydrogen (secondary N) is 2. The Morgan fingerprint density at radius 1 is 1.03 bits per heavy atom. The Kier molecular flexibility index (Phi) is 8.92. The number of benzene rings is 3. The quantitative estimate of drug-likeness (QED) is 0.305. The van der Waals surface area contributed by atoms with Crippen molar-refractivity contribution in [3.63, 3.8) is 0 Å². The zero-order valence-corrected chi connectivity index (χ0v) is 21.6. The normalized spacial score (nSPS) is 11.2. The van der Waals surface area contributed by atoms with Crippen molar-refractivity contribution in [2.75, 3.05) is 23.3 Å². The van der Waals surface area contributed by atoms with E-state index in [0.717, 1.165) is 4.31 Å². The largest absolute Gasteiger partial charge is 0.497 e. The molecule has 0 unspecified atom stereocenters. The summed E-state index contributed by atoms with van der Waals surface area (Å²) in [6, 6.07) is 16.6. The summed E-state index contributed by atoms with van der Waals surface area (Å²) in [6.45, 7) is 0.784. The number of carbonyl (C=O) groups is 2. The molecular weight excluding hydrogens is 527 g/mol. The van der Waals surface area contributed by atoms with Crippen molar-refractivity contribution in [3.8, 4) is 5.75 Å². The van der Waals surface area contributed by atoms with Gasteiger partial charge in [0.25, 0.3) is 15.9 Å². The molecule has 0 atom stereocenters. The molecule has 0 aliphatic heterocycles. The Hall–Kier alpha value is -3.60. The van der Waals surface area contributed by atoms with Gasteiger partial charge in [-0.1, -0.05) is 29.3 Å². The first-order valence-corrected chi connectivity index (χ1v) is 12.6. The van der Waals surface area contributed by atoms with E-state index >= 15 is 0 Å². The van der Waals surface area contributed by atoms with Gasteiger partial charge in [0.1, 0.15) is 12.3 Å². The van der Waals surface area contributed by atoms with Crippen molar-refractivity contribution >= 4 is 62.6 Å². The molecule has 9 nitrogen and oxygen atoms in total. The molecule has 0 saturated heterocycles. The molecule has 0 aliphatic carbocycles. The van der Waals surface area contributed by atoms with Crippen molar-refractivity contribution in [2.45, 2.75) is 11.8 Å². The van der Waals surface area contributed by atoms with Gasteiger partial charge in [-0.25, -0.2) is 13.8 Å². The number of amides is 2. The first kappa shape index (κ1) is 27.0. The summed E-state index contributed by atoms with van der Waals surface area (Å²) in [4.78, 5) is 23.9. The van der Waals surface area contributed by atoms with E-state index in [4.69, 9.17) is 27.9 Å². The molecule has 188 valence electrons. The summed E-state index contributed by atoms with van der Waals surface area (Å²) in [5.41, 5.74) is 3.50. The fourth-order valence-corrected chi connectivity index (χ4v) is 4.93. The lowest BCUT2D eigenvalue weighted by atomic mass is 10.2. The number of carbonyl (C=O) groups excluding carboxylic acids is 2. The number of sulfonamides is 1. The standard InChI is InChI=1S/C24H22Cl2N4O5S/c1-16(31)28-19-5-11-22(12-6-19)36(33,34)30(20-7-9-21(35-2)10-8-20)15-24(32)29-27-14-17-3-4-18(25)13-23(17)26/h3-14H,15H2,1-2H3,(H,28,31)(H,29,32)/b27-14-. The zero-order valence-electron chi connectivity index (χ0n) is 19.2. The molecule has 3 aromatic carbocycles. The van der Waals surface area contributed by atoms with Crippen molar-refractivity contribution in [2.24, 2.45) is 5.10 Å². The van der Waals surface area contributed by atoms with E-state index in [1.54, 1.807) is 24.3 Å². The van der Waals surface area contributed by atoms with Gasteiger partial charge >= 0.3 is 0 Å². The second-order valence-electron chi connectivity index (χ2n) is 7.37. The van der Waals surface area contributed by atoms with Gasteiger partial charge < -0.3 is 10.1 Å². The number of anilines is 2. The molecular formula is C24H22Cl2N4O5S. The first-order chi connectivity index (χ1) is 17.1. The van der Waals surface area contributed by atoms with Crippen LogP contribution in [0.15, 0.2) is 76.7 Å². The highest BCUT2D eigenvalue weighted by molar-refractivity contribution is 7.92. The highest BCUT2D eigenvalue weighted by Crippen LogP contribution is 2.26. The smallest absolute Gasteiger partial charge is 0.264 e. The molecule has 3 aromatic rings. The van der Waals surface area contributed by atoms with E-state index < -0.39 is 22.5 Å². The Labute approximate surface area is 218 Å². The minimum atomic E-state index is -4.17. The third kappa shape index (κ3) is 6.97. The van der Waals surface area contributed by atoms with Crippen molar-refractivity contribution in [3.05, 3.63) is 82.3 Å². The molecule has 12 heteroatoms.